The van der Waals surface area contributed by atoms with E-state index in [0.29, 0.717) is 11.6 Å². The van der Waals surface area contributed by atoms with Gasteiger partial charge in [-0.1, -0.05) is 19.3 Å². The van der Waals surface area contributed by atoms with Crippen LogP contribution in [0.5, 0.6) is 0 Å². The lowest BCUT2D eigenvalue weighted by molar-refractivity contribution is -0.0218. The average Bonchev–Trinajstić information content (AvgIpc) is 2.79. The number of aromatic nitrogens is 1. The molecule has 4 heteroatoms. The Morgan fingerprint density at radius 3 is 2.69 bits per heavy atom. The summed E-state index contributed by atoms with van der Waals surface area (Å²) in [4.78, 5) is 4.29. The molecular formula is C12H19NO2S. The number of rotatable bonds is 3. The minimum absolute atomic E-state index is 0.0444. The highest BCUT2D eigenvalue weighted by molar-refractivity contribution is 7.09. The Morgan fingerprint density at radius 1 is 1.44 bits per heavy atom. The Bertz CT molecular complexity index is 343. The van der Waals surface area contributed by atoms with Crippen LogP contribution in [0.1, 0.15) is 49.7 Å². The minimum atomic E-state index is -0.821. The van der Waals surface area contributed by atoms with E-state index < -0.39 is 5.60 Å². The highest BCUT2D eigenvalue weighted by atomic mass is 32.1. The second kappa shape index (κ2) is 4.82. The van der Waals surface area contributed by atoms with Gasteiger partial charge in [0.05, 0.1) is 12.3 Å². The molecule has 0 amide bonds. The van der Waals surface area contributed by atoms with Crippen molar-refractivity contribution in [3.63, 3.8) is 0 Å². The van der Waals surface area contributed by atoms with Gasteiger partial charge in [0, 0.05) is 5.38 Å². The molecule has 1 aliphatic carbocycles. The van der Waals surface area contributed by atoms with Crippen molar-refractivity contribution in [2.45, 2.75) is 51.2 Å². The third-order valence-electron chi connectivity index (χ3n) is 3.55. The highest BCUT2D eigenvalue weighted by Gasteiger charge is 2.36. The number of aliphatic hydroxyl groups excluding tert-OH is 1. The molecule has 90 valence electrons. The zero-order valence-corrected chi connectivity index (χ0v) is 10.5. The van der Waals surface area contributed by atoms with Gasteiger partial charge >= 0.3 is 0 Å². The van der Waals surface area contributed by atoms with Gasteiger partial charge in [0.1, 0.15) is 10.6 Å². The van der Waals surface area contributed by atoms with Crippen LogP contribution in [0.2, 0.25) is 0 Å². The van der Waals surface area contributed by atoms with E-state index in [9.17, 15) is 5.11 Å². The molecular weight excluding hydrogens is 222 g/mol. The van der Waals surface area contributed by atoms with E-state index in [0.717, 1.165) is 17.8 Å². The zero-order chi connectivity index (χ0) is 11.6. The van der Waals surface area contributed by atoms with Crippen molar-refractivity contribution >= 4 is 11.3 Å². The number of aliphatic hydroxyl groups is 2. The summed E-state index contributed by atoms with van der Waals surface area (Å²) in [7, 11) is 0. The Kier molecular flexibility index (Phi) is 3.62. The van der Waals surface area contributed by atoms with Gasteiger partial charge in [0.25, 0.3) is 0 Å². The summed E-state index contributed by atoms with van der Waals surface area (Å²) in [6, 6.07) is 0. The number of hydrogen-bond acceptors (Lipinski definition) is 4. The lowest BCUT2D eigenvalue weighted by atomic mass is 9.78. The fourth-order valence-electron chi connectivity index (χ4n) is 2.45. The third kappa shape index (κ3) is 2.29. The van der Waals surface area contributed by atoms with Gasteiger partial charge in [0.15, 0.2) is 0 Å². The molecule has 0 bridgehead atoms. The molecule has 1 atom stereocenters. The van der Waals surface area contributed by atoms with Gasteiger partial charge < -0.3 is 10.2 Å². The predicted molar refractivity (Wildman–Crippen MR) is 64.2 cm³/mol. The van der Waals surface area contributed by atoms with E-state index in [1.807, 2.05) is 12.3 Å². The van der Waals surface area contributed by atoms with Crippen LogP contribution in [0.15, 0.2) is 5.38 Å². The normalized spacial score (nSPS) is 21.9. The molecule has 2 N–H and O–H groups in total. The van der Waals surface area contributed by atoms with E-state index in [1.54, 1.807) is 0 Å². The molecule has 1 aromatic rings. The van der Waals surface area contributed by atoms with Crippen LogP contribution in [0.4, 0.5) is 0 Å². The standard InChI is InChI=1S/C12H19NO2S/c1-12(15,9-5-3-2-4-6-9)11-13-10(7-14)8-16-11/h8-9,14-15H,2-7H2,1H3. The van der Waals surface area contributed by atoms with Crippen LogP contribution in [-0.2, 0) is 12.2 Å². The Labute approximate surface area is 100 Å². The molecule has 1 fully saturated rings. The summed E-state index contributed by atoms with van der Waals surface area (Å²) in [5.41, 5.74) is -0.158. The summed E-state index contributed by atoms with van der Waals surface area (Å²) >= 11 is 1.45. The fraction of sp³-hybridized carbons (Fsp3) is 0.750. The second-order valence-electron chi connectivity index (χ2n) is 4.78. The molecule has 0 aromatic carbocycles. The van der Waals surface area contributed by atoms with E-state index in [4.69, 9.17) is 5.11 Å². The molecule has 0 spiro atoms. The predicted octanol–water partition coefficient (Wildman–Crippen LogP) is 2.42. The number of hydrogen-bond donors (Lipinski definition) is 2. The summed E-state index contributed by atoms with van der Waals surface area (Å²) < 4.78 is 0. The van der Waals surface area contributed by atoms with Crippen LogP contribution in [0.3, 0.4) is 0 Å². The Hall–Kier alpha value is -0.450. The van der Waals surface area contributed by atoms with E-state index in [-0.39, 0.29) is 6.61 Å². The summed E-state index contributed by atoms with van der Waals surface area (Å²) in [6.07, 6.45) is 5.87. The lowest BCUT2D eigenvalue weighted by Gasteiger charge is -2.33. The first-order chi connectivity index (χ1) is 7.64. The Balaban J connectivity index is 2.15. The van der Waals surface area contributed by atoms with Gasteiger partial charge in [0.2, 0.25) is 0 Å². The molecule has 0 aliphatic heterocycles. The van der Waals surface area contributed by atoms with Crippen molar-refractivity contribution in [1.29, 1.82) is 0 Å². The van der Waals surface area contributed by atoms with Crippen LogP contribution >= 0.6 is 11.3 Å². The van der Waals surface area contributed by atoms with Crippen LogP contribution < -0.4 is 0 Å². The minimum Gasteiger partial charge on any atom is -0.390 e. The largest absolute Gasteiger partial charge is 0.390 e. The maximum Gasteiger partial charge on any atom is 0.125 e. The molecule has 1 aromatic heterocycles. The van der Waals surface area contributed by atoms with Crippen LogP contribution in [0, 0.1) is 5.92 Å². The van der Waals surface area contributed by atoms with Gasteiger partial charge in [-0.05, 0) is 25.7 Å². The smallest absolute Gasteiger partial charge is 0.125 e. The van der Waals surface area contributed by atoms with Crippen molar-refractivity contribution in [1.82, 2.24) is 4.98 Å². The zero-order valence-electron chi connectivity index (χ0n) is 9.65. The number of nitrogens with zero attached hydrogens (tertiary/aromatic N) is 1. The highest BCUT2D eigenvalue weighted by Crippen LogP contribution is 2.39. The molecule has 0 radical (unpaired) electrons. The van der Waals surface area contributed by atoms with Gasteiger partial charge in [-0.3, -0.25) is 0 Å². The molecule has 2 rings (SSSR count). The molecule has 1 heterocycles. The van der Waals surface area contributed by atoms with Gasteiger partial charge in [-0.2, -0.15) is 0 Å². The number of thiazole rings is 1. The van der Waals surface area contributed by atoms with Crippen molar-refractivity contribution in [2.75, 3.05) is 0 Å². The van der Waals surface area contributed by atoms with Crippen molar-refractivity contribution in [3.05, 3.63) is 16.1 Å². The molecule has 1 unspecified atom stereocenters. The molecule has 1 aliphatic rings. The molecule has 0 saturated heterocycles. The average molecular weight is 241 g/mol. The second-order valence-corrected chi connectivity index (χ2v) is 5.64. The molecule has 16 heavy (non-hydrogen) atoms. The van der Waals surface area contributed by atoms with E-state index in [2.05, 4.69) is 4.98 Å². The van der Waals surface area contributed by atoms with Gasteiger partial charge in [-0.15, -0.1) is 11.3 Å². The monoisotopic (exact) mass is 241 g/mol. The van der Waals surface area contributed by atoms with Crippen LogP contribution in [-0.4, -0.2) is 15.2 Å². The van der Waals surface area contributed by atoms with E-state index in [1.165, 1.54) is 30.6 Å². The van der Waals surface area contributed by atoms with Gasteiger partial charge in [-0.25, -0.2) is 4.98 Å². The topological polar surface area (TPSA) is 53.4 Å². The third-order valence-corrected chi connectivity index (χ3v) is 4.66. The lowest BCUT2D eigenvalue weighted by Crippen LogP contribution is -2.33. The maximum absolute atomic E-state index is 10.6. The molecule has 3 nitrogen and oxygen atoms in total. The van der Waals surface area contributed by atoms with Crippen molar-refractivity contribution in [2.24, 2.45) is 5.92 Å². The fourth-order valence-corrected chi connectivity index (χ4v) is 3.40. The van der Waals surface area contributed by atoms with Crippen molar-refractivity contribution in [3.8, 4) is 0 Å². The first-order valence-corrected chi connectivity index (χ1v) is 6.80. The van der Waals surface area contributed by atoms with Crippen molar-refractivity contribution < 1.29 is 10.2 Å². The summed E-state index contributed by atoms with van der Waals surface area (Å²) in [6.45, 7) is 1.82. The summed E-state index contributed by atoms with van der Waals surface area (Å²) in [5.74, 6) is 0.318. The quantitative estimate of drug-likeness (QED) is 0.854. The van der Waals surface area contributed by atoms with Crippen LogP contribution in [0.25, 0.3) is 0 Å². The first-order valence-electron chi connectivity index (χ1n) is 5.92. The van der Waals surface area contributed by atoms with E-state index >= 15 is 0 Å². The summed E-state index contributed by atoms with van der Waals surface area (Å²) in [5, 5.41) is 22.2. The first kappa shape index (κ1) is 12.0. The molecule has 1 saturated carbocycles. The Morgan fingerprint density at radius 2 is 2.12 bits per heavy atom. The maximum atomic E-state index is 10.6. The SMILES string of the molecule is CC(O)(c1nc(CO)cs1)C1CCCCC1.